The molecule has 29 heavy (non-hydrogen) atoms. The Morgan fingerprint density at radius 2 is 1.83 bits per heavy atom. The van der Waals surface area contributed by atoms with E-state index >= 15 is 0 Å². The normalized spacial score (nSPS) is 10.7. The van der Waals surface area contributed by atoms with Crippen molar-refractivity contribution in [2.75, 3.05) is 24.4 Å². The number of carbonyl (C=O) groups excluding carboxylic acids is 2. The highest BCUT2D eigenvalue weighted by Crippen LogP contribution is 2.26. The zero-order chi connectivity index (χ0) is 21.6. The largest absolute Gasteiger partial charge is 0.344 e. The summed E-state index contributed by atoms with van der Waals surface area (Å²) in [5.74, 6) is 0.480. The van der Waals surface area contributed by atoms with E-state index < -0.39 is 27.7 Å². The second-order valence-electron chi connectivity index (χ2n) is 5.75. The topological polar surface area (TPSA) is 95.6 Å². The van der Waals surface area contributed by atoms with Crippen LogP contribution >= 0.6 is 11.6 Å². The molecule has 0 aliphatic carbocycles. The van der Waals surface area contributed by atoms with Gasteiger partial charge in [-0.25, -0.2) is 12.8 Å². The molecule has 152 valence electrons. The molecule has 10 heteroatoms. The number of benzene rings is 2. The van der Waals surface area contributed by atoms with Crippen molar-refractivity contribution in [2.45, 2.75) is 4.90 Å². The molecule has 2 rings (SSSR count). The lowest BCUT2D eigenvalue weighted by Crippen LogP contribution is -2.37. The highest BCUT2D eigenvalue weighted by molar-refractivity contribution is 7.92. The SMILES string of the molecule is C#CCNC(=O)CNC(=O)c1cc(S(=O)(=O)N(C)c2ccc(F)cc2)ccc1Cl. The molecule has 0 aliphatic heterocycles. The molecule has 0 unspecified atom stereocenters. The average molecular weight is 438 g/mol. The van der Waals surface area contributed by atoms with E-state index in [-0.39, 0.29) is 34.3 Å². The Bertz CT molecular complexity index is 1070. The molecule has 2 aromatic carbocycles. The Balaban J connectivity index is 2.24. The van der Waals surface area contributed by atoms with Crippen LogP contribution in [0, 0.1) is 18.2 Å². The van der Waals surface area contributed by atoms with Gasteiger partial charge in [0, 0.05) is 7.05 Å². The molecular weight excluding hydrogens is 421 g/mol. The van der Waals surface area contributed by atoms with Crippen molar-refractivity contribution in [3.05, 3.63) is 58.9 Å². The first-order valence-corrected chi connectivity index (χ1v) is 10.0. The van der Waals surface area contributed by atoms with Crippen LogP contribution in [0.2, 0.25) is 5.02 Å². The quantitative estimate of drug-likeness (QED) is 0.645. The standard InChI is InChI=1S/C19H17ClFN3O4S/c1-3-10-22-18(25)12-23-19(26)16-11-15(8-9-17(16)20)29(27,28)24(2)14-6-4-13(21)5-7-14/h1,4-9,11H,10,12H2,2H3,(H,22,25)(H,23,26). The lowest BCUT2D eigenvalue weighted by molar-refractivity contribution is -0.119. The van der Waals surface area contributed by atoms with Crippen LogP contribution in [-0.4, -0.2) is 40.4 Å². The van der Waals surface area contributed by atoms with E-state index in [1.165, 1.54) is 31.3 Å². The first kappa shape index (κ1) is 22.2. The molecule has 0 bridgehead atoms. The zero-order valence-electron chi connectivity index (χ0n) is 15.3. The maximum Gasteiger partial charge on any atom is 0.264 e. The fraction of sp³-hybridized carbons (Fsp3) is 0.158. The number of nitrogens with zero attached hydrogens (tertiary/aromatic N) is 1. The molecule has 7 nitrogen and oxygen atoms in total. The first-order chi connectivity index (χ1) is 13.7. The number of hydrogen-bond acceptors (Lipinski definition) is 4. The molecule has 0 aromatic heterocycles. The number of rotatable bonds is 7. The number of halogens is 2. The molecule has 2 amide bonds. The number of hydrogen-bond donors (Lipinski definition) is 2. The third-order valence-corrected chi connectivity index (χ3v) is 5.94. The third kappa shape index (κ3) is 5.47. The van der Waals surface area contributed by atoms with Gasteiger partial charge in [-0.1, -0.05) is 17.5 Å². The molecule has 0 saturated carbocycles. The minimum Gasteiger partial charge on any atom is -0.344 e. The zero-order valence-corrected chi connectivity index (χ0v) is 16.8. The van der Waals surface area contributed by atoms with Gasteiger partial charge >= 0.3 is 0 Å². The van der Waals surface area contributed by atoms with Gasteiger partial charge in [0.1, 0.15) is 5.82 Å². The second kappa shape index (κ2) is 9.41. The number of anilines is 1. The van der Waals surface area contributed by atoms with E-state index in [1.807, 2.05) is 0 Å². The van der Waals surface area contributed by atoms with E-state index in [0.717, 1.165) is 22.5 Å². The summed E-state index contributed by atoms with van der Waals surface area (Å²) < 4.78 is 39.8. The van der Waals surface area contributed by atoms with E-state index in [9.17, 15) is 22.4 Å². The van der Waals surface area contributed by atoms with Crippen molar-refractivity contribution < 1.29 is 22.4 Å². The summed E-state index contributed by atoms with van der Waals surface area (Å²) in [5.41, 5.74) is 0.113. The van der Waals surface area contributed by atoms with Crippen LogP contribution in [0.15, 0.2) is 47.4 Å². The Hall–Kier alpha value is -3.09. The van der Waals surface area contributed by atoms with Gasteiger partial charge in [0.15, 0.2) is 0 Å². The molecule has 0 fully saturated rings. The van der Waals surface area contributed by atoms with Crippen LogP contribution in [0.25, 0.3) is 0 Å². The minimum absolute atomic E-state index is 0.00918. The Morgan fingerprint density at radius 1 is 1.17 bits per heavy atom. The molecule has 2 N–H and O–H groups in total. The highest BCUT2D eigenvalue weighted by atomic mass is 35.5. The van der Waals surface area contributed by atoms with Crippen LogP contribution in [0.1, 0.15) is 10.4 Å². The van der Waals surface area contributed by atoms with Crippen LogP contribution in [-0.2, 0) is 14.8 Å². The monoisotopic (exact) mass is 437 g/mol. The summed E-state index contributed by atoms with van der Waals surface area (Å²) in [6.07, 6.45) is 5.03. The van der Waals surface area contributed by atoms with Gasteiger partial charge in [-0.2, -0.15) is 0 Å². The maximum atomic E-state index is 13.1. The summed E-state index contributed by atoms with van der Waals surface area (Å²) >= 11 is 6.02. The molecule has 0 heterocycles. The van der Waals surface area contributed by atoms with Crippen molar-refractivity contribution in [3.8, 4) is 12.3 Å². The predicted octanol–water partition coefficient (Wildman–Crippen LogP) is 1.78. The number of sulfonamides is 1. The van der Waals surface area contributed by atoms with Crippen LogP contribution in [0.5, 0.6) is 0 Å². The second-order valence-corrected chi connectivity index (χ2v) is 8.13. The third-order valence-electron chi connectivity index (χ3n) is 3.83. The highest BCUT2D eigenvalue weighted by Gasteiger charge is 2.24. The molecule has 0 spiro atoms. The molecule has 2 aromatic rings. The first-order valence-electron chi connectivity index (χ1n) is 8.19. The lowest BCUT2D eigenvalue weighted by Gasteiger charge is -2.20. The molecule has 0 radical (unpaired) electrons. The van der Waals surface area contributed by atoms with E-state index in [0.29, 0.717) is 0 Å². The molecule has 0 saturated heterocycles. The smallest absolute Gasteiger partial charge is 0.264 e. The van der Waals surface area contributed by atoms with Gasteiger partial charge in [0.05, 0.1) is 34.3 Å². The number of amides is 2. The van der Waals surface area contributed by atoms with Crippen molar-refractivity contribution in [3.63, 3.8) is 0 Å². The van der Waals surface area contributed by atoms with Crippen molar-refractivity contribution in [2.24, 2.45) is 0 Å². The van der Waals surface area contributed by atoms with Crippen LogP contribution < -0.4 is 14.9 Å². The lowest BCUT2D eigenvalue weighted by atomic mass is 10.2. The van der Waals surface area contributed by atoms with Crippen LogP contribution in [0.4, 0.5) is 10.1 Å². The Kier molecular flexibility index (Phi) is 7.20. The van der Waals surface area contributed by atoms with Crippen molar-refractivity contribution in [1.82, 2.24) is 10.6 Å². The predicted molar refractivity (Wildman–Crippen MR) is 108 cm³/mol. The van der Waals surface area contributed by atoms with Gasteiger partial charge in [0.2, 0.25) is 5.91 Å². The summed E-state index contributed by atoms with van der Waals surface area (Å²) in [6, 6.07) is 8.50. The number of carbonyl (C=O) groups is 2. The van der Waals surface area contributed by atoms with Crippen molar-refractivity contribution in [1.29, 1.82) is 0 Å². The molecular formula is C19H17ClFN3O4S. The summed E-state index contributed by atoms with van der Waals surface area (Å²) in [6.45, 7) is -0.345. The fourth-order valence-corrected chi connectivity index (χ4v) is 3.68. The fourth-order valence-electron chi connectivity index (χ4n) is 2.25. The van der Waals surface area contributed by atoms with Gasteiger partial charge in [0.25, 0.3) is 15.9 Å². The summed E-state index contributed by atoms with van der Waals surface area (Å²) in [5, 5.41) is 4.72. The summed E-state index contributed by atoms with van der Waals surface area (Å²) in [4.78, 5) is 23.7. The van der Waals surface area contributed by atoms with E-state index in [1.54, 1.807) is 0 Å². The van der Waals surface area contributed by atoms with Crippen molar-refractivity contribution >= 4 is 39.1 Å². The van der Waals surface area contributed by atoms with Crippen LogP contribution in [0.3, 0.4) is 0 Å². The van der Waals surface area contributed by atoms with Gasteiger partial charge < -0.3 is 10.6 Å². The van der Waals surface area contributed by atoms with Gasteiger partial charge in [-0.3, -0.25) is 13.9 Å². The average Bonchev–Trinajstić information content (AvgIpc) is 2.70. The van der Waals surface area contributed by atoms with E-state index in [4.69, 9.17) is 18.0 Å². The summed E-state index contributed by atoms with van der Waals surface area (Å²) in [7, 11) is -2.75. The van der Waals surface area contributed by atoms with Gasteiger partial charge in [-0.15, -0.1) is 6.42 Å². The maximum absolute atomic E-state index is 13.1. The molecule has 0 aliphatic rings. The minimum atomic E-state index is -4.05. The Labute approximate surface area is 172 Å². The number of terminal acetylenes is 1. The molecule has 0 atom stereocenters. The number of nitrogens with one attached hydrogen (secondary N) is 2. The Morgan fingerprint density at radius 3 is 2.45 bits per heavy atom. The van der Waals surface area contributed by atoms with E-state index in [2.05, 4.69) is 16.6 Å². The van der Waals surface area contributed by atoms with Gasteiger partial charge in [-0.05, 0) is 42.5 Å².